The number of carboxylic acids is 1. The summed E-state index contributed by atoms with van der Waals surface area (Å²) < 4.78 is 5.47. The first-order valence-electron chi connectivity index (χ1n) is 8.02. The van der Waals surface area contributed by atoms with Crippen LogP contribution in [-0.4, -0.2) is 29.3 Å². The molecule has 0 spiro atoms. The van der Waals surface area contributed by atoms with Crippen molar-refractivity contribution < 1.29 is 19.4 Å². The van der Waals surface area contributed by atoms with E-state index in [-0.39, 0.29) is 18.4 Å². The fraction of sp³-hybridized carbons (Fsp3) is 0.556. The SMILES string of the molecule is C[C@@H](CC(=O)O)c1ccc2c(c1)CCCN2C(=O)OC(C)(C)C. The number of fused-ring (bicyclic) bond motifs is 1. The van der Waals surface area contributed by atoms with Crippen molar-refractivity contribution in [1.82, 2.24) is 0 Å². The predicted molar refractivity (Wildman–Crippen MR) is 89.0 cm³/mol. The minimum Gasteiger partial charge on any atom is -0.481 e. The van der Waals surface area contributed by atoms with Crippen LogP contribution >= 0.6 is 0 Å². The Labute approximate surface area is 137 Å². The smallest absolute Gasteiger partial charge is 0.414 e. The molecule has 1 heterocycles. The number of carboxylic acid groups (broad SMARTS) is 1. The van der Waals surface area contributed by atoms with Gasteiger partial charge in [0.15, 0.2) is 0 Å². The highest BCUT2D eigenvalue weighted by Crippen LogP contribution is 2.32. The molecule has 5 heteroatoms. The standard InChI is InChI=1S/C18H25NO4/c1-12(10-16(20)21)13-7-8-15-14(11-13)6-5-9-19(15)17(22)23-18(2,3)4/h7-8,11-12H,5-6,9-10H2,1-4H3,(H,20,21)/t12-/m0/s1. The molecule has 0 aliphatic carbocycles. The Morgan fingerprint density at radius 2 is 2.04 bits per heavy atom. The summed E-state index contributed by atoms with van der Waals surface area (Å²) in [5, 5.41) is 8.94. The quantitative estimate of drug-likeness (QED) is 0.916. The fourth-order valence-electron chi connectivity index (χ4n) is 2.81. The number of hydrogen-bond donors (Lipinski definition) is 1. The summed E-state index contributed by atoms with van der Waals surface area (Å²) >= 11 is 0. The third-order valence-electron chi connectivity index (χ3n) is 3.89. The second-order valence-electron chi connectivity index (χ2n) is 7.12. The van der Waals surface area contributed by atoms with Crippen molar-refractivity contribution in [3.8, 4) is 0 Å². The normalized spacial score (nSPS) is 15.7. The summed E-state index contributed by atoms with van der Waals surface area (Å²) in [5.74, 6) is -0.847. The summed E-state index contributed by atoms with van der Waals surface area (Å²) in [6.07, 6.45) is 1.55. The molecule has 126 valence electrons. The van der Waals surface area contributed by atoms with Crippen LogP contribution in [0.15, 0.2) is 18.2 Å². The highest BCUT2D eigenvalue weighted by atomic mass is 16.6. The lowest BCUT2D eigenvalue weighted by molar-refractivity contribution is -0.137. The molecule has 0 aromatic heterocycles. The Hall–Kier alpha value is -2.04. The number of benzene rings is 1. The van der Waals surface area contributed by atoms with Gasteiger partial charge in [0.05, 0.1) is 12.1 Å². The lowest BCUT2D eigenvalue weighted by atomic mass is 9.92. The number of hydrogen-bond acceptors (Lipinski definition) is 3. The first-order chi connectivity index (χ1) is 10.7. The van der Waals surface area contributed by atoms with E-state index in [9.17, 15) is 9.59 Å². The zero-order valence-corrected chi connectivity index (χ0v) is 14.3. The van der Waals surface area contributed by atoms with Crippen LogP contribution in [-0.2, 0) is 16.0 Å². The largest absolute Gasteiger partial charge is 0.481 e. The Balaban J connectivity index is 2.23. The van der Waals surface area contributed by atoms with Gasteiger partial charge in [-0.05, 0) is 56.7 Å². The van der Waals surface area contributed by atoms with E-state index in [2.05, 4.69) is 0 Å². The lowest BCUT2D eigenvalue weighted by Gasteiger charge is -2.32. The molecule has 1 aromatic rings. The highest BCUT2D eigenvalue weighted by molar-refractivity contribution is 5.89. The van der Waals surface area contributed by atoms with Gasteiger partial charge in [-0.2, -0.15) is 0 Å². The van der Waals surface area contributed by atoms with Gasteiger partial charge in [-0.25, -0.2) is 4.79 Å². The van der Waals surface area contributed by atoms with Crippen LogP contribution in [0.1, 0.15) is 57.6 Å². The van der Waals surface area contributed by atoms with Gasteiger partial charge in [-0.3, -0.25) is 9.69 Å². The number of aliphatic carboxylic acids is 1. The average molecular weight is 319 g/mol. The minimum absolute atomic E-state index is 0.0466. The van der Waals surface area contributed by atoms with Crippen molar-refractivity contribution in [3.05, 3.63) is 29.3 Å². The van der Waals surface area contributed by atoms with E-state index in [0.29, 0.717) is 6.54 Å². The number of rotatable bonds is 3. The number of carbonyl (C=O) groups is 2. The zero-order valence-electron chi connectivity index (χ0n) is 14.3. The second kappa shape index (κ2) is 6.60. The van der Waals surface area contributed by atoms with Gasteiger partial charge in [0, 0.05) is 6.54 Å². The van der Waals surface area contributed by atoms with Gasteiger partial charge in [0.2, 0.25) is 0 Å². The third kappa shape index (κ3) is 4.47. The minimum atomic E-state index is -0.800. The molecule has 0 fully saturated rings. The zero-order chi connectivity index (χ0) is 17.2. The number of carbonyl (C=O) groups excluding carboxylic acids is 1. The Morgan fingerprint density at radius 1 is 1.35 bits per heavy atom. The van der Waals surface area contributed by atoms with Crippen molar-refractivity contribution in [3.63, 3.8) is 0 Å². The summed E-state index contributed by atoms with van der Waals surface area (Å²) in [4.78, 5) is 24.9. The predicted octanol–water partition coefficient (Wildman–Crippen LogP) is 3.95. The maximum Gasteiger partial charge on any atom is 0.414 e. The van der Waals surface area contributed by atoms with Crippen LogP contribution in [0, 0.1) is 0 Å². The molecule has 0 saturated carbocycles. The second-order valence-corrected chi connectivity index (χ2v) is 7.12. The van der Waals surface area contributed by atoms with Crippen LogP contribution < -0.4 is 4.90 Å². The molecule has 1 aliphatic heterocycles. The van der Waals surface area contributed by atoms with E-state index in [0.717, 1.165) is 29.7 Å². The van der Waals surface area contributed by atoms with E-state index in [1.807, 2.05) is 45.9 Å². The number of anilines is 1. The van der Waals surface area contributed by atoms with Crippen molar-refractivity contribution >= 4 is 17.7 Å². The van der Waals surface area contributed by atoms with E-state index < -0.39 is 11.6 Å². The van der Waals surface area contributed by atoms with Crippen LogP contribution in [0.5, 0.6) is 0 Å². The summed E-state index contributed by atoms with van der Waals surface area (Å²) in [7, 11) is 0. The topological polar surface area (TPSA) is 66.8 Å². The molecule has 5 nitrogen and oxygen atoms in total. The maximum atomic E-state index is 12.4. The van der Waals surface area contributed by atoms with E-state index >= 15 is 0 Å². The van der Waals surface area contributed by atoms with Gasteiger partial charge in [-0.15, -0.1) is 0 Å². The Morgan fingerprint density at radius 3 is 2.65 bits per heavy atom. The molecular weight excluding hydrogens is 294 g/mol. The molecule has 0 bridgehead atoms. The average Bonchev–Trinajstić information content (AvgIpc) is 2.43. The number of nitrogens with zero attached hydrogens (tertiary/aromatic N) is 1. The van der Waals surface area contributed by atoms with Crippen LogP contribution in [0.3, 0.4) is 0 Å². The van der Waals surface area contributed by atoms with Crippen LogP contribution in [0.4, 0.5) is 10.5 Å². The molecule has 23 heavy (non-hydrogen) atoms. The number of amides is 1. The maximum absolute atomic E-state index is 12.4. The summed E-state index contributed by atoms with van der Waals surface area (Å²) in [5.41, 5.74) is 2.43. The van der Waals surface area contributed by atoms with Gasteiger partial charge in [0.25, 0.3) is 0 Å². The van der Waals surface area contributed by atoms with Gasteiger partial charge in [-0.1, -0.05) is 19.1 Å². The van der Waals surface area contributed by atoms with Gasteiger partial charge < -0.3 is 9.84 Å². The number of ether oxygens (including phenoxy) is 1. The first-order valence-corrected chi connectivity index (χ1v) is 8.02. The molecule has 1 aliphatic rings. The van der Waals surface area contributed by atoms with Crippen molar-refractivity contribution in [2.45, 2.75) is 58.5 Å². The lowest BCUT2D eigenvalue weighted by Crippen LogP contribution is -2.39. The molecule has 0 unspecified atom stereocenters. The number of aryl methyl sites for hydroxylation is 1. The third-order valence-corrected chi connectivity index (χ3v) is 3.89. The van der Waals surface area contributed by atoms with Crippen molar-refractivity contribution in [2.24, 2.45) is 0 Å². The van der Waals surface area contributed by atoms with Crippen LogP contribution in [0.2, 0.25) is 0 Å². The van der Waals surface area contributed by atoms with E-state index in [4.69, 9.17) is 9.84 Å². The highest BCUT2D eigenvalue weighted by Gasteiger charge is 2.27. The molecule has 1 aromatic carbocycles. The molecule has 0 radical (unpaired) electrons. The molecule has 0 saturated heterocycles. The fourth-order valence-corrected chi connectivity index (χ4v) is 2.81. The van der Waals surface area contributed by atoms with Crippen molar-refractivity contribution in [2.75, 3.05) is 11.4 Å². The first kappa shape index (κ1) is 17.3. The molecular formula is C18H25NO4. The Bertz CT molecular complexity index is 604. The molecule has 1 atom stereocenters. The van der Waals surface area contributed by atoms with Crippen LogP contribution in [0.25, 0.3) is 0 Å². The monoisotopic (exact) mass is 319 g/mol. The van der Waals surface area contributed by atoms with E-state index in [1.54, 1.807) is 4.90 Å². The molecule has 1 N–H and O–H groups in total. The van der Waals surface area contributed by atoms with Gasteiger partial charge in [0.1, 0.15) is 5.60 Å². The summed E-state index contributed by atoms with van der Waals surface area (Å²) in [6.45, 7) is 8.11. The van der Waals surface area contributed by atoms with Gasteiger partial charge >= 0.3 is 12.1 Å². The summed E-state index contributed by atoms with van der Waals surface area (Å²) in [6, 6.07) is 5.85. The van der Waals surface area contributed by atoms with Crippen molar-refractivity contribution in [1.29, 1.82) is 0 Å². The van der Waals surface area contributed by atoms with E-state index in [1.165, 1.54) is 0 Å². The Kier molecular flexibility index (Phi) is 4.97. The molecule has 1 amide bonds. The molecule has 2 rings (SSSR count).